The van der Waals surface area contributed by atoms with Crippen molar-refractivity contribution in [2.75, 3.05) is 0 Å². The van der Waals surface area contributed by atoms with Gasteiger partial charge in [0.15, 0.2) is 0 Å². The first-order valence-corrected chi connectivity index (χ1v) is 6.82. The Morgan fingerprint density at radius 3 is 2.67 bits per heavy atom. The highest BCUT2D eigenvalue weighted by molar-refractivity contribution is 4.89. The molecule has 1 fully saturated rings. The van der Waals surface area contributed by atoms with Crippen molar-refractivity contribution < 1.29 is 0 Å². The maximum atomic E-state index is 3.84. The molecule has 0 aromatic rings. The van der Waals surface area contributed by atoms with E-state index >= 15 is 0 Å². The summed E-state index contributed by atoms with van der Waals surface area (Å²) >= 11 is 0. The lowest BCUT2D eigenvalue weighted by Gasteiger charge is -2.40. The molecule has 0 amide bonds. The molecule has 1 rings (SSSR count). The van der Waals surface area contributed by atoms with Gasteiger partial charge in [-0.25, -0.2) is 0 Å². The van der Waals surface area contributed by atoms with Crippen LogP contribution in [0.3, 0.4) is 0 Å². The summed E-state index contributed by atoms with van der Waals surface area (Å²) in [6.45, 7) is 9.48. The van der Waals surface area contributed by atoms with E-state index in [2.05, 4.69) is 33.0 Å². The number of rotatable bonds is 5. The average Bonchev–Trinajstić information content (AvgIpc) is 2.18. The molecule has 0 radical (unpaired) electrons. The zero-order valence-electron chi connectivity index (χ0n) is 11.1. The van der Waals surface area contributed by atoms with Gasteiger partial charge < -0.3 is 5.32 Å². The predicted molar refractivity (Wildman–Crippen MR) is 68.2 cm³/mol. The van der Waals surface area contributed by atoms with Gasteiger partial charge in [-0.05, 0) is 31.6 Å². The van der Waals surface area contributed by atoms with E-state index in [1.54, 1.807) is 0 Å². The predicted octanol–water partition coefficient (Wildman–Crippen LogP) is 4.12. The zero-order chi connectivity index (χ0) is 11.3. The monoisotopic (exact) mass is 211 g/mol. The summed E-state index contributed by atoms with van der Waals surface area (Å²) in [5, 5.41) is 3.84. The van der Waals surface area contributed by atoms with Gasteiger partial charge in [-0.2, -0.15) is 0 Å². The first-order valence-electron chi connectivity index (χ1n) is 6.82. The van der Waals surface area contributed by atoms with Crippen molar-refractivity contribution in [3.8, 4) is 0 Å². The minimum atomic E-state index is 0.513. The molecule has 0 bridgehead atoms. The molecule has 1 aliphatic carbocycles. The van der Waals surface area contributed by atoms with Crippen LogP contribution in [0.2, 0.25) is 0 Å². The lowest BCUT2D eigenvalue weighted by Crippen LogP contribution is -2.47. The number of hydrogen-bond donors (Lipinski definition) is 1. The van der Waals surface area contributed by atoms with Crippen LogP contribution in [0.25, 0.3) is 0 Å². The molecule has 1 saturated carbocycles. The largest absolute Gasteiger partial charge is 0.311 e. The molecule has 0 aromatic heterocycles. The molecule has 0 spiro atoms. The Morgan fingerprint density at radius 2 is 2.07 bits per heavy atom. The molecule has 0 saturated heterocycles. The zero-order valence-corrected chi connectivity index (χ0v) is 11.1. The normalized spacial score (nSPS) is 27.6. The third-order valence-corrected chi connectivity index (χ3v) is 3.98. The van der Waals surface area contributed by atoms with Gasteiger partial charge in [0.1, 0.15) is 0 Å². The maximum absolute atomic E-state index is 3.84. The fourth-order valence-corrected chi connectivity index (χ4v) is 2.74. The van der Waals surface area contributed by atoms with E-state index in [-0.39, 0.29) is 0 Å². The van der Waals surface area contributed by atoms with Crippen molar-refractivity contribution in [1.29, 1.82) is 0 Å². The van der Waals surface area contributed by atoms with Gasteiger partial charge in [-0.15, -0.1) is 0 Å². The maximum Gasteiger partial charge on any atom is 0.0121 e. The Labute approximate surface area is 96.0 Å². The van der Waals surface area contributed by atoms with Gasteiger partial charge in [0.25, 0.3) is 0 Å². The molecule has 1 nitrogen and oxygen atoms in total. The highest BCUT2D eigenvalue weighted by Gasteiger charge is 2.32. The molecule has 15 heavy (non-hydrogen) atoms. The van der Waals surface area contributed by atoms with Crippen LogP contribution in [0.15, 0.2) is 0 Å². The van der Waals surface area contributed by atoms with E-state index in [0.717, 1.165) is 6.04 Å². The van der Waals surface area contributed by atoms with Crippen molar-refractivity contribution in [1.82, 2.24) is 5.32 Å². The van der Waals surface area contributed by atoms with E-state index in [0.29, 0.717) is 11.5 Å². The van der Waals surface area contributed by atoms with Gasteiger partial charge >= 0.3 is 0 Å². The van der Waals surface area contributed by atoms with Gasteiger partial charge in [-0.3, -0.25) is 0 Å². The molecule has 0 heterocycles. The van der Waals surface area contributed by atoms with Crippen LogP contribution < -0.4 is 5.32 Å². The second-order valence-electron chi connectivity index (χ2n) is 6.00. The average molecular weight is 211 g/mol. The van der Waals surface area contributed by atoms with Crippen molar-refractivity contribution in [2.45, 2.75) is 84.7 Å². The minimum absolute atomic E-state index is 0.513. The van der Waals surface area contributed by atoms with Gasteiger partial charge in [-0.1, -0.05) is 46.5 Å². The second kappa shape index (κ2) is 5.89. The van der Waals surface area contributed by atoms with Crippen LogP contribution in [-0.4, -0.2) is 12.1 Å². The minimum Gasteiger partial charge on any atom is -0.311 e. The Bertz CT molecular complexity index is 174. The Kier molecular flexibility index (Phi) is 5.11. The molecule has 2 atom stereocenters. The van der Waals surface area contributed by atoms with Crippen molar-refractivity contribution in [3.05, 3.63) is 0 Å². The Morgan fingerprint density at radius 1 is 1.33 bits per heavy atom. The molecule has 0 aromatic carbocycles. The van der Waals surface area contributed by atoms with E-state index in [1.165, 1.54) is 44.9 Å². The molecular formula is C14H29N. The third-order valence-electron chi connectivity index (χ3n) is 3.98. The summed E-state index contributed by atoms with van der Waals surface area (Å²) in [7, 11) is 0. The van der Waals surface area contributed by atoms with Crippen molar-refractivity contribution >= 4 is 0 Å². The standard InChI is InChI=1S/C14H29N/c1-5-6-9-12(2)15-13-10-7-8-11-14(13,3)4/h12-13,15H,5-11H2,1-4H3. The van der Waals surface area contributed by atoms with Crippen LogP contribution in [0.4, 0.5) is 0 Å². The smallest absolute Gasteiger partial charge is 0.0121 e. The summed E-state index contributed by atoms with van der Waals surface area (Å²) < 4.78 is 0. The topological polar surface area (TPSA) is 12.0 Å². The Balaban J connectivity index is 2.34. The fraction of sp³-hybridized carbons (Fsp3) is 1.00. The van der Waals surface area contributed by atoms with Crippen molar-refractivity contribution in [2.24, 2.45) is 5.41 Å². The number of unbranched alkanes of at least 4 members (excludes halogenated alkanes) is 1. The lowest BCUT2D eigenvalue weighted by atomic mass is 9.73. The Hall–Kier alpha value is -0.0400. The van der Waals surface area contributed by atoms with E-state index in [4.69, 9.17) is 0 Å². The number of nitrogens with one attached hydrogen (secondary N) is 1. The summed E-state index contributed by atoms with van der Waals surface area (Å²) in [6.07, 6.45) is 9.63. The third kappa shape index (κ3) is 4.14. The molecule has 1 heteroatoms. The fourth-order valence-electron chi connectivity index (χ4n) is 2.74. The van der Waals surface area contributed by atoms with Gasteiger partial charge in [0, 0.05) is 12.1 Å². The molecule has 90 valence electrons. The molecule has 2 unspecified atom stereocenters. The summed E-state index contributed by atoms with van der Waals surface area (Å²) in [5.74, 6) is 0. The first kappa shape index (κ1) is 13.0. The van der Waals surface area contributed by atoms with E-state index in [9.17, 15) is 0 Å². The van der Waals surface area contributed by atoms with Gasteiger partial charge in [0.2, 0.25) is 0 Å². The van der Waals surface area contributed by atoms with Crippen LogP contribution in [0, 0.1) is 5.41 Å². The SMILES string of the molecule is CCCCC(C)NC1CCCCC1(C)C. The summed E-state index contributed by atoms with van der Waals surface area (Å²) in [6, 6.07) is 1.45. The van der Waals surface area contributed by atoms with Crippen molar-refractivity contribution in [3.63, 3.8) is 0 Å². The quantitative estimate of drug-likeness (QED) is 0.721. The molecule has 0 aliphatic heterocycles. The van der Waals surface area contributed by atoms with Crippen LogP contribution >= 0.6 is 0 Å². The first-order chi connectivity index (χ1) is 7.06. The van der Waals surface area contributed by atoms with Crippen LogP contribution in [0.5, 0.6) is 0 Å². The second-order valence-corrected chi connectivity index (χ2v) is 6.00. The molecular weight excluding hydrogens is 182 g/mol. The summed E-state index contributed by atoms with van der Waals surface area (Å²) in [4.78, 5) is 0. The van der Waals surface area contributed by atoms with Crippen LogP contribution in [0.1, 0.15) is 72.6 Å². The highest BCUT2D eigenvalue weighted by Crippen LogP contribution is 2.35. The molecule has 1 N–H and O–H groups in total. The van der Waals surface area contributed by atoms with Crippen LogP contribution in [-0.2, 0) is 0 Å². The highest BCUT2D eigenvalue weighted by atomic mass is 15.0. The molecule has 1 aliphatic rings. The van der Waals surface area contributed by atoms with E-state index < -0.39 is 0 Å². The lowest BCUT2D eigenvalue weighted by molar-refractivity contribution is 0.155. The summed E-state index contributed by atoms with van der Waals surface area (Å²) in [5.41, 5.74) is 0.513. The number of hydrogen-bond acceptors (Lipinski definition) is 1. The van der Waals surface area contributed by atoms with Gasteiger partial charge in [0.05, 0.1) is 0 Å². The van der Waals surface area contributed by atoms with E-state index in [1.807, 2.05) is 0 Å².